The molecule has 1 N–H and O–H groups in total. The van der Waals surface area contributed by atoms with Crippen LogP contribution in [0.5, 0.6) is 0 Å². The third-order valence-electron chi connectivity index (χ3n) is 4.52. The predicted molar refractivity (Wildman–Crippen MR) is 108 cm³/mol. The highest BCUT2D eigenvalue weighted by Gasteiger charge is 2.46. The van der Waals surface area contributed by atoms with E-state index in [1.807, 2.05) is 19.0 Å². The summed E-state index contributed by atoms with van der Waals surface area (Å²) in [5, 5.41) is 11.5. The van der Waals surface area contributed by atoms with E-state index in [1.54, 1.807) is 30.6 Å². The van der Waals surface area contributed by atoms with Crippen LogP contribution in [0.4, 0.5) is 0 Å². The lowest BCUT2D eigenvalue weighted by Gasteiger charge is -2.26. The first kappa shape index (κ1) is 20.3. The molecule has 3 rings (SSSR count). The summed E-state index contributed by atoms with van der Waals surface area (Å²) in [5.41, 5.74) is 0.964. The molecule has 0 spiro atoms. The highest BCUT2D eigenvalue weighted by atomic mass is 35.5. The van der Waals surface area contributed by atoms with E-state index < -0.39 is 17.7 Å². The van der Waals surface area contributed by atoms with Crippen LogP contribution < -0.4 is 0 Å². The van der Waals surface area contributed by atoms with Crippen molar-refractivity contribution in [2.24, 2.45) is 0 Å². The predicted octanol–water partition coefficient (Wildman–Crippen LogP) is 3.37. The molecule has 1 fully saturated rings. The zero-order valence-electron chi connectivity index (χ0n) is 15.4. The van der Waals surface area contributed by atoms with Gasteiger partial charge in [0.2, 0.25) is 0 Å². The average molecular weight is 420 g/mol. The summed E-state index contributed by atoms with van der Waals surface area (Å²) in [6.07, 6.45) is 3.19. The fraction of sp³-hybridized carbons (Fsp3) is 0.250. The van der Waals surface area contributed by atoms with Gasteiger partial charge in [0.15, 0.2) is 0 Å². The number of pyridine rings is 1. The molecule has 146 valence electrons. The van der Waals surface area contributed by atoms with Gasteiger partial charge >= 0.3 is 0 Å². The van der Waals surface area contributed by atoms with Gasteiger partial charge in [-0.2, -0.15) is 0 Å². The summed E-state index contributed by atoms with van der Waals surface area (Å²) in [7, 11) is 3.76. The Labute approximate surface area is 173 Å². The average Bonchev–Trinajstić information content (AvgIpc) is 2.93. The summed E-state index contributed by atoms with van der Waals surface area (Å²) >= 11 is 12.0. The minimum atomic E-state index is -0.740. The van der Waals surface area contributed by atoms with E-state index in [4.69, 9.17) is 23.2 Å². The first-order chi connectivity index (χ1) is 13.3. The number of carbonyl (C=O) groups is 2. The molecule has 1 saturated heterocycles. The van der Waals surface area contributed by atoms with Crippen LogP contribution in [0.15, 0.2) is 48.3 Å². The maximum atomic E-state index is 12.8. The molecule has 0 bridgehead atoms. The van der Waals surface area contributed by atoms with Gasteiger partial charge in [-0.05, 0) is 43.9 Å². The number of likely N-dealkylation sites (tertiary alicyclic amines) is 1. The molecule has 2 heterocycles. The lowest BCUT2D eigenvalue weighted by molar-refractivity contribution is -0.140. The van der Waals surface area contributed by atoms with Crippen LogP contribution in [0.2, 0.25) is 10.0 Å². The number of likely N-dealkylation sites (N-methyl/N-ethyl adjacent to an activating group) is 1. The van der Waals surface area contributed by atoms with Gasteiger partial charge in [-0.3, -0.25) is 14.6 Å². The SMILES string of the molecule is CN(C)CCN1C(=O)C(=O)/C(=C(\O)c2ccc(Cl)c(Cl)c2)C1c1cccnc1. The number of nitrogens with zero attached hydrogens (tertiary/aromatic N) is 3. The zero-order valence-corrected chi connectivity index (χ0v) is 16.9. The van der Waals surface area contributed by atoms with Gasteiger partial charge in [-0.1, -0.05) is 29.3 Å². The zero-order chi connectivity index (χ0) is 20.4. The smallest absolute Gasteiger partial charge is 0.295 e. The largest absolute Gasteiger partial charge is 0.507 e. The lowest BCUT2D eigenvalue weighted by atomic mass is 9.96. The van der Waals surface area contributed by atoms with Crippen LogP contribution in [0.25, 0.3) is 5.76 Å². The lowest BCUT2D eigenvalue weighted by Crippen LogP contribution is -2.35. The summed E-state index contributed by atoms with van der Waals surface area (Å²) in [4.78, 5) is 33.0. The number of aromatic nitrogens is 1. The Kier molecular flexibility index (Phi) is 6.03. The van der Waals surface area contributed by atoms with Gasteiger partial charge in [-0.25, -0.2) is 0 Å². The normalized spacial score (nSPS) is 18.9. The van der Waals surface area contributed by atoms with Crippen molar-refractivity contribution in [3.8, 4) is 0 Å². The fourth-order valence-corrected chi connectivity index (χ4v) is 3.40. The van der Waals surface area contributed by atoms with E-state index in [0.29, 0.717) is 29.2 Å². The van der Waals surface area contributed by atoms with Gasteiger partial charge in [0, 0.05) is 31.0 Å². The van der Waals surface area contributed by atoms with Crippen LogP contribution in [-0.2, 0) is 9.59 Å². The van der Waals surface area contributed by atoms with Crippen molar-refractivity contribution in [3.63, 3.8) is 0 Å². The van der Waals surface area contributed by atoms with Crippen molar-refractivity contribution in [2.45, 2.75) is 6.04 Å². The first-order valence-corrected chi connectivity index (χ1v) is 9.35. The third kappa shape index (κ3) is 3.90. The molecule has 6 nitrogen and oxygen atoms in total. The molecule has 1 aromatic heterocycles. The van der Waals surface area contributed by atoms with Crippen LogP contribution in [0, 0.1) is 0 Å². The Morgan fingerprint density at radius 3 is 2.57 bits per heavy atom. The number of rotatable bonds is 5. The van der Waals surface area contributed by atoms with Crippen molar-refractivity contribution in [2.75, 3.05) is 27.2 Å². The van der Waals surface area contributed by atoms with E-state index in [9.17, 15) is 14.7 Å². The Morgan fingerprint density at radius 1 is 1.21 bits per heavy atom. The maximum Gasteiger partial charge on any atom is 0.295 e. The Morgan fingerprint density at radius 2 is 1.96 bits per heavy atom. The van der Waals surface area contributed by atoms with Crippen LogP contribution in [0.3, 0.4) is 0 Å². The van der Waals surface area contributed by atoms with Crippen molar-refractivity contribution in [1.29, 1.82) is 0 Å². The second-order valence-electron chi connectivity index (χ2n) is 6.71. The molecule has 1 aliphatic heterocycles. The molecule has 0 aliphatic carbocycles. The van der Waals surface area contributed by atoms with Crippen LogP contribution in [0.1, 0.15) is 17.2 Å². The van der Waals surface area contributed by atoms with E-state index in [2.05, 4.69) is 4.98 Å². The number of hydrogen-bond acceptors (Lipinski definition) is 5. The molecule has 0 radical (unpaired) electrons. The molecule has 1 aliphatic rings. The molecule has 1 atom stereocenters. The second kappa shape index (κ2) is 8.31. The monoisotopic (exact) mass is 419 g/mol. The number of benzene rings is 1. The molecular formula is C20H19Cl2N3O3. The Balaban J connectivity index is 2.14. The minimum Gasteiger partial charge on any atom is -0.507 e. The first-order valence-electron chi connectivity index (χ1n) is 8.59. The van der Waals surface area contributed by atoms with Gasteiger partial charge in [-0.15, -0.1) is 0 Å². The number of aliphatic hydroxyl groups excluding tert-OH is 1. The van der Waals surface area contributed by atoms with E-state index >= 15 is 0 Å². The van der Waals surface area contributed by atoms with E-state index in [-0.39, 0.29) is 16.4 Å². The van der Waals surface area contributed by atoms with Gasteiger partial charge < -0.3 is 14.9 Å². The Hall–Kier alpha value is -2.41. The summed E-state index contributed by atoms with van der Waals surface area (Å²) in [6.45, 7) is 0.895. The molecule has 1 amide bonds. The molecular weight excluding hydrogens is 401 g/mol. The summed E-state index contributed by atoms with van der Waals surface area (Å²) < 4.78 is 0. The molecule has 1 unspecified atom stereocenters. The molecule has 1 aromatic carbocycles. The van der Waals surface area contributed by atoms with Crippen molar-refractivity contribution in [1.82, 2.24) is 14.8 Å². The highest BCUT2D eigenvalue weighted by Crippen LogP contribution is 2.39. The molecule has 0 saturated carbocycles. The van der Waals surface area contributed by atoms with Crippen molar-refractivity contribution in [3.05, 3.63) is 69.5 Å². The van der Waals surface area contributed by atoms with Crippen molar-refractivity contribution >= 4 is 40.7 Å². The third-order valence-corrected chi connectivity index (χ3v) is 5.26. The molecule has 8 heteroatoms. The Bertz CT molecular complexity index is 945. The quantitative estimate of drug-likeness (QED) is 0.456. The number of halogens is 2. The number of amides is 1. The maximum absolute atomic E-state index is 12.8. The molecule has 2 aromatic rings. The number of Topliss-reactive ketones (excluding diaryl/α,β-unsaturated/α-hetero) is 1. The minimum absolute atomic E-state index is 0.00939. The standard InChI is InChI=1S/C20H19Cl2N3O3/c1-24(2)8-9-25-17(13-4-3-7-23-11-13)16(19(27)20(25)28)18(26)12-5-6-14(21)15(22)10-12/h3-7,10-11,17,26H,8-9H2,1-2H3/b18-16-. The fourth-order valence-electron chi connectivity index (χ4n) is 3.10. The van der Waals surface area contributed by atoms with Gasteiger partial charge in [0.1, 0.15) is 5.76 Å². The van der Waals surface area contributed by atoms with Gasteiger partial charge in [0.05, 0.1) is 21.7 Å². The van der Waals surface area contributed by atoms with Gasteiger partial charge in [0.25, 0.3) is 11.7 Å². The number of aliphatic hydroxyl groups is 1. The summed E-state index contributed by atoms with van der Waals surface area (Å²) in [5.74, 6) is -1.69. The summed E-state index contributed by atoms with van der Waals surface area (Å²) in [6, 6.07) is 7.31. The van der Waals surface area contributed by atoms with E-state index in [0.717, 1.165) is 0 Å². The van der Waals surface area contributed by atoms with E-state index in [1.165, 1.54) is 17.0 Å². The number of carbonyl (C=O) groups excluding carboxylic acids is 2. The topological polar surface area (TPSA) is 73.7 Å². The van der Waals surface area contributed by atoms with Crippen LogP contribution in [-0.4, -0.2) is 58.8 Å². The second-order valence-corrected chi connectivity index (χ2v) is 7.53. The number of ketones is 1. The number of hydrogen-bond donors (Lipinski definition) is 1. The van der Waals surface area contributed by atoms with Crippen molar-refractivity contribution < 1.29 is 14.7 Å². The van der Waals surface area contributed by atoms with Crippen LogP contribution >= 0.6 is 23.2 Å². The molecule has 28 heavy (non-hydrogen) atoms. The highest BCUT2D eigenvalue weighted by molar-refractivity contribution is 6.46.